The highest BCUT2D eigenvalue weighted by molar-refractivity contribution is 5.94. The van der Waals surface area contributed by atoms with Crippen molar-refractivity contribution in [3.05, 3.63) is 53.3 Å². The van der Waals surface area contributed by atoms with Gasteiger partial charge in [-0.3, -0.25) is 9.89 Å². The third-order valence-electron chi connectivity index (χ3n) is 4.57. The summed E-state index contributed by atoms with van der Waals surface area (Å²) in [4.78, 5) is 16.9. The Morgan fingerprint density at radius 3 is 2.75 bits per heavy atom. The minimum Gasteiger partial charge on any atom is -0.338 e. The fourth-order valence-corrected chi connectivity index (χ4v) is 3.43. The fourth-order valence-electron chi connectivity index (χ4n) is 3.43. The average molecular weight is 326 g/mol. The second-order valence-electron chi connectivity index (χ2n) is 6.98. The van der Waals surface area contributed by atoms with E-state index in [4.69, 9.17) is 0 Å². The predicted octanol–water partition coefficient (Wildman–Crippen LogP) is 2.57. The lowest BCUT2D eigenvalue weighted by Crippen LogP contribution is -2.40. The number of carbonyl (C=O) groups excluding carboxylic acids is 1. The van der Waals surface area contributed by atoms with Gasteiger partial charge in [0.2, 0.25) is 0 Å². The molecule has 0 bridgehead atoms. The molecule has 5 heteroatoms. The summed E-state index contributed by atoms with van der Waals surface area (Å²) in [5, 5.41) is 7.03. The van der Waals surface area contributed by atoms with Crippen molar-refractivity contribution in [2.24, 2.45) is 5.92 Å². The highest BCUT2D eigenvalue weighted by atomic mass is 16.2. The third-order valence-corrected chi connectivity index (χ3v) is 4.57. The molecule has 1 saturated heterocycles. The van der Waals surface area contributed by atoms with Crippen LogP contribution in [0.15, 0.2) is 36.5 Å². The lowest BCUT2D eigenvalue weighted by Gasteiger charge is -2.32. The zero-order chi connectivity index (χ0) is 16.9. The van der Waals surface area contributed by atoms with Crippen molar-refractivity contribution in [2.75, 3.05) is 27.2 Å². The number of carbonyl (C=O) groups is 1. The summed E-state index contributed by atoms with van der Waals surface area (Å²) < 4.78 is 0. The number of H-pyrrole nitrogens is 1. The third kappa shape index (κ3) is 4.23. The number of hydrogen-bond acceptors (Lipinski definition) is 3. The van der Waals surface area contributed by atoms with E-state index in [1.165, 1.54) is 12.0 Å². The molecule has 0 aliphatic carbocycles. The first kappa shape index (κ1) is 16.7. The molecule has 0 unspecified atom stereocenters. The maximum absolute atomic E-state index is 12.8. The number of piperidine rings is 1. The van der Waals surface area contributed by atoms with E-state index in [1.807, 2.05) is 37.2 Å². The Morgan fingerprint density at radius 1 is 1.29 bits per heavy atom. The van der Waals surface area contributed by atoms with Crippen LogP contribution >= 0.6 is 0 Å². The van der Waals surface area contributed by atoms with Crippen LogP contribution in [0.2, 0.25) is 0 Å². The smallest absolute Gasteiger partial charge is 0.253 e. The van der Waals surface area contributed by atoms with Gasteiger partial charge >= 0.3 is 0 Å². The number of rotatable bonds is 5. The second kappa shape index (κ2) is 7.62. The van der Waals surface area contributed by atoms with Gasteiger partial charge in [-0.1, -0.05) is 12.1 Å². The number of amides is 1. The minimum absolute atomic E-state index is 0.153. The number of aromatic amines is 1. The van der Waals surface area contributed by atoms with Crippen molar-refractivity contribution < 1.29 is 4.79 Å². The molecule has 1 aliphatic heterocycles. The molecule has 0 spiro atoms. The number of benzene rings is 1. The molecule has 1 aliphatic rings. The summed E-state index contributed by atoms with van der Waals surface area (Å²) in [6.07, 6.45) is 5.00. The van der Waals surface area contributed by atoms with Crippen LogP contribution in [0, 0.1) is 5.92 Å². The molecule has 0 radical (unpaired) electrons. The molecular weight excluding hydrogens is 300 g/mol. The number of likely N-dealkylation sites (tertiary alicyclic amines) is 1. The molecule has 1 N–H and O–H groups in total. The van der Waals surface area contributed by atoms with E-state index in [0.717, 1.165) is 43.7 Å². The number of nitrogens with zero attached hydrogens (tertiary/aromatic N) is 3. The molecule has 2 aromatic rings. The Kier molecular flexibility index (Phi) is 5.30. The van der Waals surface area contributed by atoms with Crippen LogP contribution in [-0.4, -0.2) is 53.1 Å². The van der Waals surface area contributed by atoms with Crippen LogP contribution < -0.4 is 0 Å². The van der Waals surface area contributed by atoms with Crippen LogP contribution in [0.25, 0.3) is 0 Å². The van der Waals surface area contributed by atoms with Crippen LogP contribution in [0.5, 0.6) is 0 Å². The molecule has 1 aromatic heterocycles. The molecule has 128 valence electrons. The molecule has 5 nitrogen and oxygen atoms in total. The van der Waals surface area contributed by atoms with Crippen molar-refractivity contribution in [1.82, 2.24) is 20.0 Å². The van der Waals surface area contributed by atoms with Gasteiger partial charge in [-0.05, 0) is 63.0 Å². The summed E-state index contributed by atoms with van der Waals surface area (Å²) in [7, 11) is 4.10. The molecule has 1 fully saturated rings. The Balaban J connectivity index is 1.61. The first-order valence-corrected chi connectivity index (χ1v) is 8.63. The molecular formula is C19H26N4O. The number of hydrogen-bond donors (Lipinski definition) is 1. The largest absolute Gasteiger partial charge is 0.338 e. The fraction of sp³-hybridized carbons (Fsp3) is 0.474. The molecule has 0 saturated carbocycles. The van der Waals surface area contributed by atoms with E-state index in [1.54, 1.807) is 6.20 Å². The Bertz CT molecular complexity index is 649. The van der Waals surface area contributed by atoms with Gasteiger partial charge in [0.1, 0.15) is 0 Å². The lowest BCUT2D eigenvalue weighted by atomic mass is 9.93. The number of aromatic nitrogens is 2. The summed E-state index contributed by atoms with van der Waals surface area (Å²) in [6, 6.07) is 10.0. The minimum atomic E-state index is 0.153. The highest BCUT2D eigenvalue weighted by Gasteiger charge is 2.24. The quantitative estimate of drug-likeness (QED) is 0.919. The van der Waals surface area contributed by atoms with Crippen LogP contribution in [0.3, 0.4) is 0 Å². The normalized spacial score (nSPS) is 18.1. The standard InChI is InChI=1S/C19H26N4O/c1-22(2)13-15-5-7-17(8-6-15)19(24)23-11-3-4-16(14-23)12-18-9-10-20-21-18/h5-10,16H,3-4,11-14H2,1-2H3,(H,20,21)/t16-/m0/s1. The van der Waals surface area contributed by atoms with Crippen molar-refractivity contribution in [2.45, 2.75) is 25.8 Å². The van der Waals surface area contributed by atoms with Crippen molar-refractivity contribution >= 4 is 5.91 Å². The molecule has 24 heavy (non-hydrogen) atoms. The van der Waals surface area contributed by atoms with Gasteiger partial charge in [-0.2, -0.15) is 5.10 Å². The van der Waals surface area contributed by atoms with Gasteiger partial charge in [0.25, 0.3) is 5.91 Å². The van der Waals surface area contributed by atoms with Gasteiger partial charge in [-0.25, -0.2) is 0 Å². The number of nitrogens with one attached hydrogen (secondary N) is 1. The maximum atomic E-state index is 12.8. The van der Waals surface area contributed by atoms with Crippen LogP contribution in [0.1, 0.15) is 34.5 Å². The highest BCUT2D eigenvalue weighted by Crippen LogP contribution is 2.22. The average Bonchev–Trinajstić information content (AvgIpc) is 3.07. The van der Waals surface area contributed by atoms with Gasteiger partial charge in [0, 0.05) is 37.1 Å². The van der Waals surface area contributed by atoms with E-state index in [9.17, 15) is 4.79 Å². The predicted molar refractivity (Wildman–Crippen MR) is 94.8 cm³/mol. The molecule has 1 amide bonds. The second-order valence-corrected chi connectivity index (χ2v) is 6.98. The first-order valence-electron chi connectivity index (χ1n) is 8.63. The Morgan fingerprint density at radius 2 is 2.08 bits per heavy atom. The topological polar surface area (TPSA) is 52.2 Å². The zero-order valence-electron chi connectivity index (χ0n) is 14.5. The molecule has 1 aromatic carbocycles. The lowest BCUT2D eigenvalue weighted by molar-refractivity contribution is 0.0673. The summed E-state index contributed by atoms with van der Waals surface area (Å²) in [6.45, 7) is 2.58. The first-order chi connectivity index (χ1) is 11.6. The molecule has 2 heterocycles. The van der Waals surface area contributed by atoms with Crippen molar-refractivity contribution in [3.8, 4) is 0 Å². The van der Waals surface area contributed by atoms with Crippen LogP contribution in [-0.2, 0) is 13.0 Å². The van der Waals surface area contributed by atoms with Gasteiger partial charge in [-0.15, -0.1) is 0 Å². The Labute approximate surface area is 143 Å². The Hall–Kier alpha value is -2.14. The molecule has 1 atom stereocenters. The molecule has 3 rings (SSSR count). The van der Waals surface area contributed by atoms with Gasteiger partial charge in [0.15, 0.2) is 0 Å². The van der Waals surface area contributed by atoms with Gasteiger partial charge < -0.3 is 9.80 Å². The van der Waals surface area contributed by atoms with E-state index < -0.39 is 0 Å². The van der Waals surface area contributed by atoms with Crippen molar-refractivity contribution in [3.63, 3.8) is 0 Å². The summed E-state index contributed by atoms with van der Waals surface area (Å²) >= 11 is 0. The van der Waals surface area contributed by atoms with Gasteiger partial charge in [0.05, 0.1) is 0 Å². The summed E-state index contributed by atoms with van der Waals surface area (Å²) in [5.74, 6) is 0.664. The van der Waals surface area contributed by atoms with Crippen LogP contribution in [0.4, 0.5) is 0 Å². The zero-order valence-corrected chi connectivity index (χ0v) is 14.5. The monoisotopic (exact) mass is 326 g/mol. The summed E-state index contributed by atoms with van der Waals surface area (Å²) in [5.41, 5.74) is 3.18. The van der Waals surface area contributed by atoms with E-state index in [2.05, 4.69) is 27.2 Å². The van der Waals surface area contributed by atoms with Crippen molar-refractivity contribution in [1.29, 1.82) is 0 Å². The van der Waals surface area contributed by atoms with E-state index >= 15 is 0 Å². The SMILES string of the molecule is CN(C)Cc1ccc(C(=O)N2CCC[C@@H](Cc3ccn[nH]3)C2)cc1. The van der Waals surface area contributed by atoms with E-state index in [0.29, 0.717) is 5.92 Å². The van der Waals surface area contributed by atoms with E-state index in [-0.39, 0.29) is 5.91 Å². The maximum Gasteiger partial charge on any atom is 0.253 e.